The number of ketones is 1. The molecule has 3 rings (SSSR count). The molecule has 1 fully saturated rings. The molecule has 0 saturated carbocycles. The van der Waals surface area contributed by atoms with Gasteiger partial charge in [-0.25, -0.2) is 8.78 Å². The monoisotopic (exact) mass is 373 g/mol. The lowest BCUT2D eigenvalue weighted by molar-refractivity contribution is -0.129. The summed E-state index contributed by atoms with van der Waals surface area (Å²) in [6.45, 7) is 3.82. The van der Waals surface area contributed by atoms with Crippen LogP contribution in [0.3, 0.4) is 0 Å². The zero-order valence-electron chi connectivity index (χ0n) is 15.0. The van der Waals surface area contributed by atoms with E-state index in [0.29, 0.717) is 37.4 Å². The first-order valence-corrected chi connectivity index (χ1v) is 8.76. The lowest BCUT2D eigenvalue weighted by Crippen LogP contribution is -2.50. The predicted octanol–water partition coefficient (Wildman–Crippen LogP) is 2.93. The maximum absolute atomic E-state index is 13.4. The van der Waals surface area contributed by atoms with Crippen molar-refractivity contribution >= 4 is 23.1 Å². The number of rotatable bonds is 5. The van der Waals surface area contributed by atoms with Crippen LogP contribution in [0, 0.1) is 11.6 Å². The van der Waals surface area contributed by atoms with Crippen LogP contribution in [0.5, 0.6) is 0 Å². The van der Waals surface area contributed by atoms with Crippen molar-refractivity contribution in [3.05, 3.63) is 59.7 Å². The molecule has 142 valence electrons. The minimum atomic E-state index is -0.869. The molecule has 0 spiro atoms. The fourth-order valence-electron chi connectivity index (χ4n) is 3.01. The van der Waals surface area contributed by atoms with Crippen molar-refractivity contribution in [2.45, 2.75) is 6.92 Å². The number of nitrogens with zero attached hydrogens (tertiary/aromatic N) is 2. The summed E-state index contributed by atoms with van der Waals surface area (Å²) in [5, 5.41) is 3.06. The van der Waals surface area contributed by atoms with E-state index in [4.69, 9.17) is 0 Å². The van der Waals surface area contributed by atoms with Gasteiger partial charge in [0.25, 0.3) is 0 Å². The Labute approximate surface area is 156 Å². The zero-order valence-corrected chi connectivity index (χ0v) is 15.0. The first-order chi connectivity index (χ1) is 12.9. The highest BCUT2D eigenvalue weighted by atomic mass is 19.2. The van der Waals surface area contributed by atoms with Gasteiger partial charge in [0.2, 0.25) is 5.91 Å². The van der Waals surface area contributed by atoms with Crippen LogP contribution in [0.15, 0.2) is 42.5 Å². The molecule has 0 radical (unpaired) electrons. The average molecular weight is 373 g/mol. The molecule has 0 aromatic heterocycles. The Kier molecular flexibility index (Phi) is 5.69. The van der Waals surface area contributed by atoms with E-state index in [1.165, 1.54) is 13.0 Å². The van der Waals surface area contributed by atoms with E-state index in [1.807, 2.05) is 4.90 Å². The van der Waals surface area contributed by atoms with Crippen LogP contribution in [-0.2, 0) is 4.79 Å². The zero-order chi connectivity index (χ0) is 19.4. The summed E-state index contributed by atoms with van der Waals surface area (Å²) >= 11 is 0. The normalized spacial score (nSPS) is 14.2. The molecule has 1 saturated heterocycles. The minimum Gasteiger partial charge on any atom is -0.376 e. The number of benzene rings is 2. The molecule has 1 aliphatic heterocycles. The standard InChI is InChI=1S/C20H21F2N3O2/c1-14(26)15-2-4-16(5-3-15)23-13-20(27)25-10-8-24(9-11-25)17-6-7-18(21)19(22)12-17/h2-7,12,23H,8-11,13H2,1H3. The van der Waals surface area contributed by atoms with Gasteiger partial charge in [0, 0.05) is 49.2 Å². The number of amides is 1. The first-order valence-electron chi connectivity index (χ1n) is 8.76. The van der Waals surface area contributed by atoms with Gasteiger partial charge in [0.15, 0.2) is 17.4 Å². The molecule has 27 heavy (non-hydrogen) atoms. The third-order valence-corrected chi connectivity index (χ3v) is 4.64. The van der Waals surface area contributed by atoms with Crippen LogP contribution in [0.4, 0.5) is 20.2 Å². The van der Waals surface area contributed by atoms with Crippen molar-refractivity contribution < 1.29 is 18.4 Å². The van der Waals surface area contributed by atoms with Crippen LogP contribution in [0.2, 0.25) is 0 Å². The summed E-state index contributed by atoms with van der Waals surface area (Å²) in [5.74, 6) is -1.77. The van der Waals surface area contributed by atoms with Crippen LogP contribution < -0.4 is 10.2 Å². The molecule has 0 aliphatic carbocycles. The lowest BCUT2D eigenvalue weighted by Gasteiger charge is -2.36. The summed E-state index contributed by atoms with van der Waals surface area (Å²) in [6, 6.07) is 10.8. The van der Waals surface area contributed by atoms with Crippen molar-refractivity contribution in [3.8, 4) is 0 Å². The summed E-state index contributed by atoms with van der Waals surface area (Å²) in [5.41, 5.74) is 2.01. The Balaban J connectivity index is 1.49. The van der Waals surface area contributed by atoms with Crippen molar-refractivity contribution in [1.82, 2.24) is 4.90 Å². The van der Waals surface area contributed by atoms with Crippen molar-refractivity contribution in [1.29, 1.82) is 0 Å². The van der Waals surface area contributed by atoms with Gasteiger partial charge in [0.1, 0.15) is 0 Å². The lowest BCUT2D eigenvalue weighted by atomic mass is 10.1. The first kappa shape index (κ1) is 18.8. The molecule has 1 N–H and O–H groups in total. The van der Waals surface area contributed by atoms with Gasteiger partial charge in [-0.1, -0.05) is 0 Å². The number of piperazine rings is 1. The number of hydrogen-bond donors (Lipinski definition) is 1. The van der Waals surface area contributed by atoms with Gasteiger partial charge in [-0.05, 0) is 43.3 Å². The van der Waals surface area contributed by atoms with Crippen LogP contribution in [0.25, 0.3) is 0 Å². The Morgan fingerprint density at radius 2 is 1.63 bits per heavy atom. The van der Waals surface area contributed by atoms with E-state index in [9.17, 15) is 18.4 Å². The number of hydrogen-bond acceptors (Lipinski definition) is 4. The van der Waals surface area contributed by atoms with Gasteiger partial charge in [-0.15, -0.1) is 0 Å². The largest absolute Gasteiger partial charge is 0.376 e. The van der Waals surface area contributed by atoms with Gasteiger partial charge in [-0.2, -0.15) is 0 Å². The quantitative estimate of drug-likeness (QED) is 0.819. The van der Waals surface area contributed by atoms with Crippen molar-refractivity contribution in [2.75, 3.05) is 42.9 Å². The summed E-state index contributed by atoms with van der Waals surface area (Å²) in [7, 11) is 0. The highest BCUT2D eigenvalue weighted by molar-refractivity contribution is 5.94. The molecule has 0 bridgehead atoms. The number of carbonyl (C=O) groups is 2. The molecular weight excluding hydrogens is 352 g/mol. The smallest absolute Gasteiger partial charge is 0.241 e. The van der Waals surface area contributed by atoms with Crippen LogP contribution in [0.1, 0.15) is 17.3 Å². The Bertz CT molecular complexity index is 832. The molecule has 2 aromatic carbocycles. The molecule has 1 amide bonds. The summed E-state index contributed by atoms with van der Waals surface area (Å²) < 4.78 is 26.4. The van der Waals surface area contributed by atoms with E-state index < -0.39 is 11.6 Å². The Morgan fingerprint density at radius 3 is 2.22 bits per heavy atom. The second-order valence-electron chi connectivity index (χ2n) is 6.45. The molecule has 2 aromatic rings. The number of carbonyl (C=O) groups excluding carboxylic acids is 2. The topological polar surface area (TPSA) is 52.7 Å². The predicted molar refractivity (Wildman–Crippen MR) is 100 cm³/mol. The molecule has 1 aliphatic rings. The van der Waals surface area contributed by atoms with Crippen molar-refractivity contribution in [3.63, 3.8) is 0 Å². The molecule has 5 nitrogen and oxygen atoms in total. The maximum Gasteiger partial charge on any atom is 0.241 e. The second-order valence-corrected chi connectivity index (χ2v) is 6.45. The van der Waals surface area contributed by atoms with E-state index in [0.717, 1.165) is 11.8 Å². The molecular formula is C20H21F2N3O2. The second kappa shape index (κ2) is 8.16. The molecule has 0 atom stereocenters. The fraction of sp³-hybridized carbons (Fsp3) is 0.300. The van der Waals surface area contributed by atoms with E-state index in [-0.39, 0.29) is 18.2 Å². The van der Waals surface area contributed by atoms with Crippen molar-refractivity contribution in [2.24, 2.45) is 0 Å². The highest BCUT2D eigenvalue weighted by Crippen LogP contribution is 2.19. The van der Waals surface area contributed by atoms with E-state index in [2.05, 4.69) is 5.32 Å². The third-order valence-electron chi connectivity index (χ3n) is 4.64. The van der Waals surface area contributed by atoms with E-state index in [1.54, 1.807) is 35.2 Å². The highest BCUT2D eigenvalue weighted by Gasteiger charge is 2.21. The summed E-state index contributed by atoms with van der Waals surface area (Å²) in [6.07, 6.45) is 0. The van der Waals surface area contributed by atoms with Gasteiger partial charge in [-0.3, -0.25) is 9.59 Å². The minimum absolute atomic E-state index is 0.00321. The van der Waals surface area contributed by atoms with Crippen LogP contribution in [-0.4, -0.2) is 49.3 Å². The average Bonchev–Trinajstić information content (AvgIpc) is 2.68. The third kappa shape index (κ3) is 4.61. The SMILES string of the molecule is CC(=O)c1ccc(NCC(=O)N2CCN(c3ccc(F)c(F)c3)CC2)cc1. The van der Waals surface area contributed by atoms with Gasteiger partial charge in [0.05, 0.1) is 6.54 Å². The van der Waals surface area contributed by atoms with E-state index >= 15 is 0 Å². The fourth-order valence-corrected chi connectivity index (χ4v) is 3.01. The number of nitrogens with one attached hydrogen (secondary N) is 1. The van der Waals surface area contributed by atoms with Crippen LogP contribution >= 0.6 is 0 Å². The Hall–Kier alpha value is -2.96. The number of halogens is 2. The maximum atomic E-state index is 13.4. The molecule has 0 unspecified atom stereocenters. The number of Topliss-reactive ketones (excluding diaryl/α,β-unsaturated/α-hetero) is 1. The van der Waals surface area contributed by atoms with Gasteiger partial charge < -0.3 is 15.1 Å². The number of anilines is 2. The molecule has 7 heteroatoms. The summed E-state index contributed by atoms with van der Waals surface area (Å²) in [4.78, 5) is 27.3. The Morgan fingerprint density at radius 1 is 0.963 bits per heavy atom. The van der Waals surface area contributed by atoms with Gasteiger partial charge >= 0.3 is 0 Å². The molecule has 1 heterocycles.